The van der Waals surface area contributed by atoms with Crippen LogP contribution in [0.15, 0.2) is 46.9 Å². The molecular weight excluding hydrogens is 315 g/mol. The van der Waals surface area contributed by atoms with Crippen molar-refractivity contribution in [2.45, 2.75) is 31.6 Å². The molecular formula is C16H17FN4OS. The van der Waals surface area contributed by atoms with Crippen LogP contribution in [0.5, 0.6) is 0 Å². The average molecular weight is 332 g/mol. The van der Waals surface area contributed by atoms with Crippen molar-refractivity contribution in [1.29, 1.82) is 0 Å². The first-order valence-electron chi connectivity index (χ1n) is 7.47. The summed E-state index contributed by atoms with van der Waals surface area (Å²) in [6.07, 6.45) is 6.42. The third kappa shape index (κ3) is 3.44. The highest BCUT2D eigenvalue weighted by Gasteiger charge is 2.11. The van der Waals surface area contributed by atoms with Gasteiger partial charge in [0, 0.05) is 31.2 Å². The molecule has 1 aromatic carbocycles. The number of rotatable bonds is 6. The summed E-state index contributed by atoms with van der Waals surface area (Å²) in [7, 11) is 0. The topological polar surface area (TPSA) is 52.7 Å². The van der Waals surface area contributed by atoms with Crippen LogP contribution in [0.2, 0.25) is 0 Å². The van der Waals surface area contributed by atoms with E-state index in [0.29, 0.717) is 22.6 Å². The normalized spacial score (nSPS) is 11.2. The lowest BCUT2D eigenvalue weighted by atomic mass is 10.2. The van der Waals surface area contributed by atoms with Gasteiger partial charge in [-0.25, -0.2) is 14.4 Å². The summed E-state index contributed by atoms with van der Waals surface area (Å²) >= 11 is 1.55. The van der Waals surface area contributed by atoms with E-state index < -0.39 is 5.82 Å². The monoisotopic (exact) mass is 332 g/mol. The van der Waals surface area contributed by atoms with E-state index in [-0.39, 0.29) is 5.56 Å². The molecule has 0 fully saturated rings. The molecule has 0 spiro atoms. The number of aromatic nitrogens is 4. The average Bonchev–Trinajstić information content (AvgIpc) is 3.06. The molecule has 0 aliphatic carbocycles. The summed E-state index contributed by atoms with van der Waals surface area (Å²) in [5, 5.41) is 1.01. The standard InChI is InChI=1S/C16H17FN4OS/c1-2-21-15(22)13-10-12(17)4-5-14(13)19-16(21)23-9-3-7-20-8-6-18-11-20/h4-6,8,10-11H,2-3,7,9H2,1H3. The van der Waals surface area contributed by atoms with Crippen LogP contribution in [0.4, 0.5) is 4.39 Å². The van der Waals surface area contributed by atoms with Crippen molar-refractivity contribution in [3.8, 4) is 0 Å². The molecule has 0 amide bonds. The zero-order valence-corrected chi connectivity index (χ0v) is 13.6. The molecule has 0 atom stereocenters. The third-order valence-corrected chi connectivity index (χ3v) is 4.61. The fraction of sp³-hybridized carbons (Fsp3) is 0.312. The maximum Gasteiger partial charge on any atom is 0.262 e. The summed E-state index contributed by atoms with van der Waals surface area (Å²) < 4.78 is 17.0. The van der Waals surface area contributed by atoms with E-state index in [1.807, 2.05) is 17.7 Å². The van der Waals surface area contributed by atoms with Crippen LogP contribution in [-0.4, -0.2) is 24.9 Å². The zero-order chi connectivity index (χ0) is 16.2. The van der Waals surface area contributed by atoms with Gasteiger partial charge in [0.25, 0.3) is 5.56 Å². The quantitative estimate of drug-likeness (QED) is 0.396. The van der Waals surface area contributed by atoms with Crippen molar-refractivity contribution < 1.29 is 4.39 Å². The first-order chi connectivity index (χ1) is 11.2. The summed E-state index contributed by atoms with van der Waals surface area (Å²) in [5.41, 5.74) is 0.354. The van der Waals surface area contributed by atoms with E-state index in [4.69, 9.17) is 0 Å². The lowest BCUT2D eigenvalue weighted by Crippen LogP contribution is -2.22. The van der Waals surface area contributed by atoms with E-state index in [9.17, 15) is 9.18 Å². The van der Waals surface area contributed by atoms with Crippen molar-refractivity contribution in [2.24, 2.45) is 0 Å². The van der Waals surface area contributed by atoms with E-state index in [1.54, 1.807) is 34.9 Å². The minimum atomic E-state index is -0.417. The fourth-order valence-electron chi connectivity index (χ4n) is 2.39. The molecule has 3 aromatic rings. The minimum absolute atomic E-state index is 0.186. The van der Waals surface area contributed by atoms with Crippen molar-refractivity contribution in [3.05, 3.63) is 53.1 Å². The number of fused-ring (bicyclic) bond motifs is 1. The molecule has 120 valence electrons. The van der Waals surface area contributed by atoms with Crippen molar-refractivity contribution in [3.63, 3.8) is 0 Å². The highest BCUT2D eigenvalue weighted by atomic mass is 32.2. The molecule has 0 saturated heterocycles. The Bertz CT molecular complexity index is 860. The third-order valence-electron chi connectivity index (χ3n) is 3.55. The van der Waals surface area contributed by atoms with Gasteiger partial charge in [0.05, 0.1) is 17.2 Å². The predicted molar refractivity (Wildman–Crippen MR) is 89.2 cm³/mol. The summed E-state index contributed by atoms with van der Waals surface area (Å²) in [5.74, 6) is 0.428. The molecule has 0 N–H and O–H groups in total. The minimum Gasteiger partial charge on any atom is -0.337 e. The lowest BCUT2D eigenvalue weighted by Gasteiger charge is -2.11. The van der Waals surface area contributed by atoms with Crippen LogP contribution in [0, 0.1) is 5.82 Å². The van der Waals surface area contributed by atoms with Gasteiger partial charge in [0.2, 0.25) is 0 Å². The molecule has 2 heterocycles. The molecule has 7 heteroatoms. The SMILES string of the molecule is CCn1c(SCCCn2ccnc2)nc2ccc(F)cc2c1=O. The molecule has 0 aliphatic rings. The Labute approximate surface area is 137 Å². The van der Waals surface area contributed by atoms with Crippen LogP contribution in [0.1, 0.15) is 13.3 Å². The largest absolute Gasteiger partial charge is 0.337 e. The van der Waals surface area contributed by atoms with Crippen LogP contribution in [0.3, 0.4) is 0 Å². The maximum absolute atomic E-state index is 13.3. The summed E-state index contributed by atoms with van der Waals surface area (Å²) in [4.78, 5) is 21.0. The van der Waals surface area contributed by atoms with Gasteiger partial charge in [-0.1, -0.05) is 11.8 Å². The number of halogens is 1. The maximum atomic E-state index is 13.3. The Hall–Kier alpha value is -2.15. The van der Waals surface area contributed by atoms with E-state index in [2.05, 4.69) is 9.97 Å². The molecule has 0 saturated carbocycles. The summed E-state index contributed by atoms with van der Waals surface area (Å²) in [6.45, 7) is 3.29. The van der Waals surface area contributed by atoms with Crippen molar-refractivity contribution in [2.75, 3.05) is 5.75 Å². The van der Waals surface area contributed by atoms with Gasteiger partial charge in [-0.2, -0.15) is 0 Å². The van der Waals surface area contributed by atoms with Crippen LogP contribution in [0.25, 0.3) is 10.9 Å². The molecule has 0 radical (unpaired) electrons. The summed E-state index contributed by atoms with van der Waals surface area (Å²) in [6, 6.07) is 4.14. The predicted octanol–water partition coefficient (Wildman–Crippen LogP) is 2.93. The van der Waals surface area contributed by atoms with Gasteiger partial charge in [0.1, 0.15) is 5.82 Å². The zero-order valence-electron chi connectivity index (χ0n) is 12.8. The van der Waals surface area contributed by atoms with Crippen LogP contribution < -0.4 is 5.56 Å². The number of hydrogen-bond donors (Lipinski definition) is 0. The van der Waals surface area contributed by atoms with Gasteiger partial charge in [-0.05, 0) is 31.5 Å². The second-order valence-corrected chi connectivity index (χ2v) is 6.17. The second-order valence-electron chi connectivity index (χ2n) is 5.11. The fourth-order valence-corrected chi connectivity index (χ4v) is 3.38. The van der Waals surface area contributed by atoms with E-state index >= 15 is 0 Å². The van der Waals surface area contributed by atoms with Crippen LogP contribution >= 0.6 is 11.8 Å². The number of imidazole rings is 1. The smallest absolute Gasteiger partial charge is 0.262 e. The number of hydrogen-bond acceptors (Lipinski definition) is 4. The van der Waals surface area contributed by atoms with Crippen LogP contribution in [-0.2, 0) is 13.1 Å². The number of aryl methyl sites for hydroxylation is 1. The Morgan fingerprint density at radius 3 is 2.96 bits per heavy atom. The molecule has 23 heavy (non-hydrogen) atoms. The number of nitrogens with zero attached hydrogens (tertiary/aromatic N) is 4. The molecule has 0 unspecified atom stereocenters. The van der Waals surface area contributed by atoms with Crippen molar-refractivity contribution in [1.82, 2.24) is 19.1 Å². The first-order valence-corrected chi connectivity index (χ1v) is 8.46. The molecule has 0 aliphatic heterocycles. The Morgan fingerprint density at radius 2 is 2.22 bits per heavy atom. The van der Waals surface area contributed by atoms with Gasteiger partial charge >= 0.3 is 0 Å². The van der Waals surface area contributed by atoms with Crippen molar-refractivity contribution >= 4 is 22.7 Å². The second kappa shape index (κ2) is 6.95. The molecule has 5 nitrogen and oxygen atoms in total. The van der Waals surface area contributed by atoms with Gasteiger partial charge in [-0.3, -0.25) is 9.36 Å². The number of thioether (sulfide) groups is 1. The Kier molecular flexibility index (Phi) is 4.76. The van der Waals surface area contributed by atoms with Gasteiger partial charge < -0.3 is 4.57 Å². The van der Waals surface area contributed by atoms with E-state index in [1.165, 1.54) is 12.1 Å². The van der Waals surface area contributed by atoms with Gasteiger partial charge in [0.15, 0.2) is 5.16 Å². The highest BCUT2D eigenvalue weighted by molar-refractivity contribution is 7.99. The molecule has 3 rings (SSSR count). The molecule has 0 bridgehead atoms. The Balaban J connectivity index is 1.79. The van der Waals surface area contributed by atoms with E-state index in [0.717, 1.165) is 18.7 Å². The molecule has 2 aromatic heterocycles. The number of benzene rings is 1. The van der Waals surface area contributed by atoms with Gasteiger partial charge in [-0.15, -0.1) is 0 Å². The first kappa shape index (κ1) is 15.7. The Morgan fingerprint density at radius 1 is 1.35 bits per heavy atom. The highest BCUT2D eigenvalue weighted by Crippen LogP contribution is 2.19. The lowest BCUT2D eigenvalue weighted by molar-refractivity contribution is 0.620.